The highest BCUT2D eigenvalue weighted by Crippen LogP contribution is 2.34. The average Bonchev–Trinajstić information content (AvgIpc) is 3.21. The van der Waals surface area contributed by atoms with Gasteiger partial charge in [0.25, 0.3) is 0 Å². The third-order valence-corrected chi connectivity index (χ3v) is 8.41. The van der Waals surface area contributed by atoms with Crippen LogP contribution in [0.25, 0.3) is 16.9 Å². The van der Waals surface area contributed by atoms with Crippen LogP contribution in [-0.4, -0.2) is 48.8 Å². The summed E-state index contributed by atoms with van der Waals surface area (Å²) in [6, 6.07) is 9.07. The number of nitrogens with one attached hydrogen (secondary N) is 1. The minimum atomic E-state index is -3.66. The summed E-state index contributed by atoms with van der Waals surface area (Å²) < 4.78 is 37.9. The molecule has 1 amide bonds. The van der Waals surface area contributed by atoms with Gasteiger partial charge < -0.3 is 14.8 Å². The lowest BCUT2D eigenvalue weighted by Crippen LogP contribution is -2.28. The first-order valence-corrected chi connectivity index (χ1v) is 12.4. The summed E-state index contributed by atoms with van der Waals surface area (Å²) in [5, 5.41) is 3.00. The van der Waals surface area contributed by atoms with Gasteiger partial charge in [0.1, 0.15) is 16.3 Å². The van der Waals surface area contributed by atoms with Crippen LogP contribution in [0, 0.1) is 5.92 Å². The van der Waals surface area contributed by atoms with Crippen LogP contribution in [0.5, 0.6) is 5.75 Å². The molecule has 0 aliphatic carbocycles. The molecule has 0 unspecified atom stereocenters. The summed E-state index contributed by atoms with van der Waals surface area (Å²) in [6.45, 7) is 6.18. The zero-order chi connectivity index (χ0) is 23.8. The van der Waals surface area contributed by atoms with Gasteiger partial charge in [-0.25, -0.2) is 13.4 Å². The lowest BCUT2D eigenvalue weighted by molar-refractivity contribution is -0.122. The summed E-state index contributed by atoms with van der Waals surface area (Å²) in [6.07, 6.45) is 4.67. The van der Waals surface area contributed by atoms with Gasteiger partial charge in [0.05, 0.1) is 23.7 Å². The molecule has 0 saturated carbocycles. The maximum atomic E-state index is 13.2. The number of carbonyl (C=O) groups excluding carboxylic acids is 1. The monoisotopic (exact) mass is 471 g/mol. The van der Waals surface area contributed by atoms with E-state index in [4.69, 9.17) is 9.47 Å². The zero-order valence-corrected chi connectivity index (χ0v) is 20.1. The molecule has 1 aromatic carbocycles. The Morgan fingerprint density at radius 2 is 1.94 bits per heavy atom. The lowest BCUT2D eigenvalue weighted by Gasteiger charge is -2.21. The molecule has 1 aliphatic rings. The predicted molar refractivity (Wildman–Crippen MR) is 126 cm³/mol. The Bertz CT molecular complexity index is 1290. The number of carbonyl (C=O) groups is 1. The Hall–Kier alpha value is -2.91. The molecule has 0 spiro atoms. The number of rotatable bonds is 5. The number of benzene rings is 1. The van der Waals surface area contributed by atoms with Crippen LogP contribution in [0.4, 0.5) is 5.69 Å². The zero-order valence-electron chi connectivity index (χ0n) is 19.3. The highest BCUT2D eigenvalue weighted by atomic mass is 32.2. The SMILES string of the molecule is COc1cc2ncc(-c3cccc(NC(=O)C4CCOCC4)c3)n2cc1S(=O)(=O)C(C)(C)C. The van der Waals surface area contributed by atoms with E-state index < -0.39 is 14.6 Å². The second kappa shape index (κ2) is 8.79. The van der Waals surface area contributed by atoms with E-state index in [2.05, 4.69) is 10.3 Å². The number of aromatic nitrogens is 2. The van der Waals surface area contributed by atoms with Crippen LogP contribution in [0.1, 0.15) is 33.6 Å². The maximum absolute atomic E-state index is 13.2. The van der Waals surface area contributed by atoms with Crippen LogP contribution >= 0.6 is 0 Å². The fourth-order valence-corrected chi connectivity index (χ4v) is 5.16. The predicted octanol–water partition coefficient (Wildman–Crippen LogP) is 3.95. The maximum Gasteiger partial charge on any atom is 0.227 e. The molecule has 0 radical (unpaired) electrons. The van der Waals surface area contributed by atoms with E-state index in [1.807, 2.05) is 24.3 Å². The molecule has 9 heteroatoms. The van der Waals surface area contributed by atoms with Crippen LogP contribution in [-0.2, 0) is 19.4 Å². The number of nitrogens with zero attached hydrogens (tertiary/aromatic N) is 2. The average molecular weight is 472 g/mol. The summed E-state index contributed by atoms with van der Waals surface area (Å²) >= 11 is 0. The number of ether oxygens (including phenoxy) is 2. The van der Waals surface area contributed by atoms with Crippen molar-refractivity contribution in [3.05, 3.63) is 42.7 Å². The molecule has 0 atom stereocenters. The van der Waals surface area contributed by atoms with Gasteiger partial charge in [-0.15, -0.1) is 0 Å². The molecule has 2 aromatic heterocycles. The number of methoxy groups -OCH3 is 1. The van der Waals surface area contributed by atoms with Gasteiger partial charge in [0.2, 0.25) is 5.91 Å². The summed E-state index contributed by atoms with van der Waals surface area (Å²) in [4.78, 5) is 17.2. The number of hydrogen-bond donors (Lipinski definition) is 1. The fourth-order valence-electron chi connectivity index (χ4n) is 3.85. The first kappa shape index (κ1) is 23.3. The van der Waals surface area contributed by atoms with Crippen molar-refractivity contribution in [3.63, 3.8) is 0 Å². The normalized spacial score (nSPS) is 15.5. The van der Waals surface area contributed by atoms with Gasteiger partial charge in [0.15, 0.2) is 9.84 Å². The Labute approximate surface area is 193 Å². The number of anilines is 1. The molecule has 4 rings (SSSR count). The quantitative estimate of drug-likeness (QED) is 0.605. The van der Waals surface area contributed by atoms with Crippen molar-refractivity contribution in [1.82, 2.24) is 9.38 Å². The Kier molecular flexibility index (Phi) is 6.20. The van der Waals surface area contributed by atoms with E-state index in [0.29, 0.717) is 43.1 Å². The van der Waals surface area contributed by atoms with Crippen molar-refractivity contribution in [2.24, 2.45) is 5.92 Å². The minimum absolute atomic E-state index is 0.0168. The van der Waals surface area contributed by atoms with E-state index in [1.165, 1.54) is 7.11 Å². The molecule has 3 heterocycles. The third kappa shape index (κ3) is 4.47. The van der Waals surface area contributed by atoms with E-state index in [9.17, 15) is 13.2 Å². The van der Waals surface area contributed by atoms with E-state index in [0.717, 1.165) is 5.56 Å². The van der Waals surface area contributed by atoms with Crippen molar-refractivity contribution < 1.29 is 22.7 Å². The minimum Gasteiger partial charge on any atom is -0.495 e. The molecular formula is C24H29N3O5S. The van der Waals surface area contributed by atoms with Gasteiger partial charge in [-0.3, -0.25) is 9.20 Å². The van der Waals surface area contributed by atoms with Crippen molar-refractivity contribution in [1.29, 1.82) is 0 Å². The summed E-state index contributed by atoms with van der Waals surface area (Å²) in [5.41, 5.74) is 2.75. The fraction of sp³-hybridized carbons (Fsp3) is 0.417. The molecule has 1 N–H and O–H groups in total. The van der Waals surface area contributed by atoms with Crippen LogP contribution < -0.4 is 10.1 Å². The topological polar surface area (TPSA) is 99.0 Å². The molecule has 1 saturated heterocycles. The van der Waals surface area contributed by atoms with E-state index in [1.54, 1.807) is 43.6 Å². The smallest absolute Gasteiger partial charge is 0.227 e. The third-order valence-electron chi connectivity index (χ3n) is 5.91. The Morgan fingerprint density at radius 1 is 1.21 bits per heavy atom. The molecular weight excluding hydrogens is 442 g/mol. The van der Waals surface area contributed by atoms with Gasteiger partial charge >= 0.3 is 0 Å². The van der Waals surface area contributed by atoms with Crippen molar-refractivity contribution in [3.8, 4) is 17.0 Å². The largest absolute Gasteiger partial charge is 0.495 e. The van der Waals surface area contributed by atoms with Crippen LogP contribution in [0.15, 0.2) is 47.6 Å². The van der Waals surface area contributed by atoms with Crippen LogP contribution in [0.3, 0.4) is 0 Å². The second-order valence-corrected chi connectivity index (χ2v) is 11.8. The first-order chi connectivity index (χ1) is 15.6. The number of fused-ring (bicyclic) bond motifs is 1. The van der Waals surface area contributed by atoms with Gasteiger partial charge in [-0.05, 0) is 45.7 Å². The van der Waals surface area contributed by atoms with E-state index in [-0.39, 0.29) is 22.5 Å². The number of imidazole rings is 1. The lowest BCUT2D eigenvalue weighted by atomic mass is 9.99. The molecule has 0 bridgehead atoms. The van der Waals surface area contributed by atoms with Gasteiger partial charge in [-0.2, -0.15) is 0 Å². The first-order valence-electron chi connectivity index (χ1n) is 10.9. The number of pyridine rings is 1. The highest BCUT2D eigenvalue weighted by molar-refractivity contribution is 7.92. The van der Waals surface area contributed by atoms with Crippen molar-refractivity contribution in [2.45, 2.75) is 43.3 Å². The summed E-state index contributed by atoms with van der Waals surface area (Å²) in [7, 11) is -2.22. The van der Waals surface area contributed by atoms with Gasteiger partial charge in [-0.1, -0.05) is 12.1 Å². The molecule has 176 valence electrons. The molecule has 3 aromatic rings. The van der Waals surface area contributed by atoms with Crippen molar-refractivity contribution in [2.75, 3.05) is 25.6 Å². The van der Waals surface area contributed by atoms with Crippen LogP contribution in [0.2, 0.25) is 0 Å². The number of amides is 1. The second-order valence-electron chi connectivity index (χ2n) is 9.15. The molecule has 1 fully saturated rings. The number of hydrogen-bond acceptors (Lipinski definition) is 6. The van der Waals surface area contributed by atoms with E-state index >= 15 is 0 Å². The number of sulfone groups is 1. The Morgan fingerprint density at radius 3 is 2.61 bits per heavy atom. The highest BCUT2D eigenvalue weighted by Gasteiger charge is 2.34. The standard InChI is InChI=1S/C24H29N3O5S/c1-24(2,3)33(29,30)21-15-27-19(14-25-22(27)13-20(21)31-4)17-6-5-7-18(12-17)26-23(28)16-8-10-32-11-9-16/h5-7,12-16H,8-11H2,1-4H3,(H,26,28). The molecule has 33 heavy (non-hydrogen) atoms. The van der Waals surface area contributed by atoms with Gasteiger partial charge in [0, 0.05) is 42.6 Å². The molecule has 8 nitrogen and oxygen atoms in total. The van der Waals surface area contributed by atoms with Crippen molar-refractivity contribution >= 4 is 27.1 Å². The Balaban J connectivity index is 1.72. The summed E-state index contributed by atoms with van der Waals surface area (Å²) in [5.74, 6) is 0.180. The molecule has 1 aliphatic heterocycles.